The van der Waals surface area contributed by atoms with Gasteiger partial charge in [-0.15, -0.1) is 0 Å². The molecule has 3 rings (SSSR count). The van der Waals surface area contributed by atoms with E-state index in [9.17, 15) is 14.0 Å². The maximum absolute atomic E-state index is 14.0. The van der Waals surface area contributed by atoms with E-state index in [0.717, 1.165) is 19.4 Å². The van der Waals surface area contributed by atoms with Crippen LogP contribution in [0.5, 0.6) is 0 Å². The Bertz CT molecular complexity index is 640. The third kappa shape index (κ3) is 4.21. The Balaban J connectivity index is 1.58. The van der Waals surface area contributed by atoms with Gasteiger partial charge in [0.15, 0.2) is 0 Å². The number of amides is 2. The molecule has 25 heavy (non-hydrogen) atoms. The van der Waals surface area contributed by atoms with Crippen LogP contribution < -0.4 is 10.2 Å². The molecular formula is C18H24FN3O3. The number of halogens is 1. The number of rotatable bonds is 3. The number of urea groups is 1. The number of para-hydroxylation sites is 1. The molecule has 1 aromatic rings. The molecule has 2 amide bonds. The molecule has 2 saturated heterocycles. The predicted molar refractivity (Wildman–Crippen MR) is 92.1 cm³/mol. The number of benzene rings is 1. The van der Waals surface area contributed by atoms with Crippen molar-refractivity contribution in [3.63, 3.8) is 0 Å². The first-order valence-corrected chi connectivity index (χ1v) is 8.82. The van der Waals surface area contributed by atoms with Gasteiger partial charge >= 0.3 is 12.0 Å². The fraction of sp³-hybridized carbons (Fsp3) is 0.556. The van der Waals surface area contributed by atoms with Gasteiger partial charge in [0.05, 0.1) is 11.6 Å². The maximum atomic E-state index is 14.0. The third-order valence-corrected chi connectivity index (χ3v) is 5.00. The number of hydrogen-bond acceptors (Lipinski definition) is 3. The van der Waals surface area contributed by atoms with Crippen LogP contribution in [0.3, 0.4) is 0 Å². The van der Waals surface area contributed by atoms with Crippen molar-refractivity contribution in [3.8, 4) is 0 Å². The van der Waals surface area contributed by atoms with Crippen molar-refractivity contribution < 1.29 is 19.1 Å². The Hall–Kier alpha value is -2.31. The Morgan fingerprint density at radius 3 is 2.64 bits per heavy atom. The lowest BCUT2D eigenvalue weighted by Gasteiger charge is -2.37. The molecule has 2 aliphatic heterocycles. The normalized spacial score (nSPS) is 24.0. The number of piperidine rings is 2. The van der Waals surface area contributed by atoms with Crippen LogP contribution in [0.25, 0.3) is 0 Å². The quantitative estimate of drug-likeness (QED) is 0.878. The molecule has 0 aromatic heterocycles. The van der Waals surface area contributed by atoms with Crippen LogP contribution in [-0.2, 0) is 4.79 Å². The predicted octanol–water partition coefficient (Wildman–Crippen LogP) is 2.30. The minimum atomic E-state index is -0.846. The zero-order valence-electron chi connectivity index (χ0n) is 14.2. The second kappa shape index (κ2) is 7.72. The zero-order chi connectivity index (χ0) is 17.8. The molecule has 2 unspecified atom stereocenters. The molecule has 0 aliphatic carbocycles. The summed E-state index contributed by atoms with van der Waals surface area (Å²) < 4.78 is 14.0. The van der Waals surface area contributed by atoms with Gasteiger partial charge in [-0.25, -0.2) is 9.18 Å². The number of likely N-dealkylation sites (tertiary alicyclic amines) is 1. The number of nitrogens with zero attached hydrogens (tertiary/aromatic N) is 2. The van der Waals surface area contributed by atoms with Crippen LogP contribution in [0.15, 0.2) is 24.3 Å². The highest BCUT2D eigenvalue weighted by molar-refractivity contribution is 5.77. The highest BCUT2D eigenvalue weighted by Crippen LogP contribution is 2.23. The van der Waals surface area contributed by atoms with E-state index < -0.39 is 11.9 Å². The van der Waals surface area contributed by atoms with Crippen molar-refractivity contribution in [2.24, 2.45) is 5.92 Å². The summed E-state index contributed by atoms with van der Waals surface area (Å²) in [6, 6.07) is 6.38. The molecular weight excluding hydrogens is 325 g/mol. The van der Waals surface area contributed by atoms with Crippen LogP contribution in [0, 0.1) is 11.7 Å². The molecule has 0 radical (unpaired) electrons. The van der Waals surface area contributed by atoms with Crippen molar-refractivity contribution in [3.05, 3.63) is 30.1 Å². The van der Waals surface area contributed by atoms with E-state index in [4.69, 9.17) is 5.11 Å². The summed E-state index contributed by atoms with van der Waals surface area (Å²) in [5.41, 5.74) is 0.561. The monoisotopic (exact) mass is 349 g/mol. The molecule has 2 fully saturated rings. The summed E-state index contributed by atoms with van der Waals surface area (Å²) in [4.78, 5) is 27.2. The molecule has 1 aromatic carbocycles. The van der Waals surface area contributed by atoms with Gasteiger partial charge in [-0.05, 0) is 37.8 Å². The highest BCUT2D eigenvalue weighted by atomic mass is 19.1. The van der Waals surface area contributed by atoms with E-state index in [2.05, 4.69) is 5.32 Å². The minimum absolute atomic E-state index is 0.0638. The zero-order valence-corrected chi connectivity index (χ0v) is 14.2. The summed E-state index contributed by atoms with van der Waals surface area (Å²) in [5, 5.41) is 12.1. The average molecular weight is 349 g/mol. The Morgan fingerprint density at radius 1 is 1.12 bits per heavy atom. The smallest absolute Gasteiger partial charge is 0.317 e. The molecule has 0 spiro atoms. The summed E-state index contributed by atoms with van der Waals surface area (Å²) in [5.74, 6) is -1.59. The van der Waals surface area contributed by atoms with Gasteiger partial charge in [0.1, 0.15) is 5.82 Å². The maximum Gasteiger partial charge on any atom is 0.317 e. The van der Waals surface area contributed by atoms with Gasteiger partial charge in [-0.2, -0.15) is 0 Å². The SMILES string of the molecule is O=C(O)C1CCCN(C(=O)NC2CCCN(c3ccccc3F)C2)C1. The molecule has 2 heterocycles. The molecule has 0 saturated carbocycles. The first-order chi connectivity index (χ1) is 12.0. The Labute approximate surface area is 146 Å². The van der Waals surface area contributed by atoms with Crippen molar-refractivity contribution in [1.82, 2.24) is 10.2 Å². The number of anilines is 1. The summed E-state index contributed by atoms with van der Waals surface area (Å²) >= 11 is 0. The third-order valence-electron chi connectivity index (χ3n) is 5.00. The fourth-order valence-electron chi connectivity index (χ4n) is 3.65. The molecule has 6 nitrogen and oxygen atoms in total. The van der Waals surface area contributed by atoms with Gasteiger partial charge in [0.2, 0.25) is 0 Å². The lowest BCUT2D eigenvalue weighted by Crippen LogP contribution is -2.54. The van der Waals surface area contributed by atoms with Crippen molar-refractivity contribution >= 4 is 17.7 Å². The number of hydrogen-bond donors (Lipinski definition) is 2. The summed E-state index contributed by atoms with van der Waals surface area (Å²) in [7, 11) is 0. The van der Waals surface area contributed by atoms with Crippen molar-refractivity contribution in [2.75, 3.05) is 31.1 Å². The van der Waals surface area contributed by atoms with Crippen LogP contribution in [0.1, 0.15) is 25.7 Å². The van der Waals surface area contributed by atoms with Gasteiger partial charge in [-0.3, -0.25) is 4.79 Å². The van der Waals surface area contributed by atoms with Gasteiger partial charge < -0.3 is 20.2 Å². The van der Waals surface area contributed by atoms with E-state index in [1.807, 2.05) is 4.90 Å². The Kier molecular flexibility index (Phi) is 5.40. The number of carbonyl (C=O) groups is 2. The van der Waals surface area contributed by atoms with Gasteiger partial charge in [-0.1, -0.05) is 12.1 Å². The average Bonchev–Trinajstić information content (AvgIpc) is 2.62. The highest BCUT2D eigenvalue weighted by Gasteiger charge is 2.30. The number of aliphatic carboxylic acids is 1. The number of carboxylic acid groups (broad SMARTS) is 1. The molecule has 0 bridgehead atoms. The lowest BCUT2D eigenvalue weighted by molar-refractivity contribution is -0.143. The molecule has 7 heteroatoms. The number of carboxylic acids is 1. The first-order valence-electron chi connectivity index (χ1n) is 8.82. The van der Waals surface area contributed by atoms with E-state index >= 15 is 0 Å². The van der Waals surface area contributed by atoms with E-state index in [-0.39, 0.29) is 24.4 Å². The van der Waals surface area contributed by atoms with E-state index in [1.54, 1.807) is 23.1 Å². The topological polar surface area (TPSA) is 72.9 Å². The summed E-state index contributed by atoms with van der Waals surface area (Å²) in [6.07, 6.45) is 3.03. The number of nitrogens with one attached hydrogen (secondary N) is 1. The van der Waals surface area contributed by atoms with E-state index in [0.29, 0.717) is 31.6 Å². The van der Waals surface area contributed by atoms with Crippen LogP contribution in [-0.4, -0.2) is 54.2 Å². The van der Waals surface area contributed by atoms with Crippen molar-refractivity contribution in [2.45, 2.75) is 31.7 Å². The second-order valence-electron chi connectivity index (χ2n) is 6.81. The minimum Gasteiger partial charge on any atom is -0.481 e. The molecule has 2 atom stereocenters. The largest absolute Gasteiger partial charge is 0.481 e. The molecule has 2 N–H and O–H groups in total. The fourth-order valence-corrected chi connectivity index (χ4v) is 3.65. The van der Waals surface area contributed by atoms with Crippen LogP contribution >= 0.6 is 0 Å². The molecule has 136 valence electrons. The van der Waals surface area contributed by atoms with Crippen LogP contribution in [0.4, 0.5) is 14.9 Å². The van der Waals surface area contributed by atoms with Crippen LogP contribution in [0.2, 0.25) is 0 Å². The number of carbonyl (C=O) groups excluding carboxylic acids is 1. The lowest BCUT2D eigenvalue weighted by atomic mass is 9.98. The molecule has 2 aliphatic rings. The van der Waals surface area contributed by atoms with Gasteiger partial charge in [0.25, 0.3) is 0 Å². The second-order valence-corrected chi connectivity index (χ2v) is 6.81. The van der Waals surface area contributed by atoms with Gasteiger partial charge in [0, 0.05) is 32.2 Å². The standard InChI is InChI=1S/C18H24FN3O3/c19-15-7-1-2-8-16(15)21-9-4-6-14(12-21)20-18(25)22-10-3-5-13(11-22)17(23)24/h1-2,7-8,13-14H,3-6,9-12H2,(H,20,25)(H,23,24). The Morgan fingerprint density at radius 2 is 1.88 bits per heavy atom. The first kappa shape index (κ1) is 17.5. The van der Waals surface area contributed by atoms with E-state index in [1.165, 1.54) is 6.07 Å². The van der Waals surface area contributed by atoms with Crippen molar-refractivity contribution in [1.29, 1.82) is 0 Å². The summed E-state index contributed by atoms with van der Waals surface area (Å²) in [6.45, 7) is 2.16.